The number of hydrazine groups is 2. The van der Waals surface area contributed by atoms with Crippen molar-refractivity contribution >= 4 is 41.2 Å². The summed E-state index contributed by atoms with van der Waals surface area (Å²) in [5.74, 6) is 9.61. The third-order valence-corrected chi connectivity index (χ3v) is 4.66. The number of nitrogens with two attached hydrogens (primary N) is 4. The second kappa shape index (κ2) is 10.0. The number of hydrogen-bond donors (Lipinski definition) is 5. The van der Waals surface area contributed by atoms with Gasteiger partial charge in [-0.15, -0.1) is 0 Å². The molecule has 0 fully saturated rings. The zero-order valence-electron chi connectivity index (χ0n) is 17.0. The molecule has 1 unspecified atom stereocenters. The Balaban J connectivity index is 2.25. The second-order valence-corrected chi connectivity index (χ2v) is 7.23. The first-order valence-corrected chi connectivity index (χ1v) is 9.49. The van der Waals surface area contributed by atoms with Crippen LogP contribution in [0, 0.1) is 12.8 Å². The van der Waals surface area contributed by atoms with Crippen molar-refractivity contribution < 1.29 is 14.4 Å². The van der Waals surface area contributed by atoms with Crippen LogP contribution in [0.15, 0.2) is 24.3 Å². The number of aryl methyl sites for hydroxylation is 1. The van der Waals surface area contributed by atoms with Gasteiger partial charge >= 0.3 is 12.1 Å². The van der Waals surface area contributed by atoms with Gasteiger partial charge in [0.05, 0.1) is 0 Å². The average molecular weight is 450 g/mol. The van der Waals surface area contributed by atoms with E-state index < -0.39 is 34.8 Å². The van der Waals surface area contributed by atoms with Gasteiger partial charge in [0.15, 0.2) is 22.5 Å². The monoisotopic (exact) mass is 449 g/mol. The van der Waals surface area contributed by atoms with Gasteiger partial charge < -0.3 is 16.8 Å². The number of rotatable bonds is 7. The minimum Gasteiger partial charge on any atom is -0.350 e. The molecular formula is C18H24ClN9O3. The van der Waals surface area contributed by atoms with E-state index in [4.69, 9.17) is 34.8 Å². The Morgan fingerprint density at radius 3 is 2.23 bits per heavy atom. The number of carbonyl (C=O) groups is 3. The lowest BCUT2D eigenvalue weighted by molar-refractivity contribution is 0.0943. The van der Waals surface area contributed by atoms with E-state index in [9.17, 15) is 14.4 Å². The van der Waals surface area contributed by atoms with Crippen LogP contribution in [-0.2, 0) is 6.42 Å². The predicted molar refractivity (Wildman–Crippen MR) is 116 cm³/mol. The molecule has 0 aliphatic carbocycles. The van der Waals surface area contributed by atoms with Crippen molar-refractivity contribution in [3.8, 4) is 0 Å². The molecule has 0 saturated heterocycles. The second-order valence-electron chi connectivity index (χ2n) is 6.87. The highest BCUT2D eigenvalue weighted by molar-refractivity contribution is 6.32. The minimum absolute atomic E-state index is 0.0794. The fourth-order valence-corrected chi connectivity index (χ4v) is 2.94. The van der Waals surface area contributed by atoms with E-state index in [2.05, 4.69) is 15.3 Å². The van der Waals surface area contributed by atoms with E-state index in [0.717, 1.165) is 17.5 Å². The van der Waals surface area contributed by atoms with Gasteiger partial charge in [0.2, 0.25) is 0 Å². The number of nitrogens with zero attached hydrogens (tertiary/aromatic N) is 4. The van der Waals surface area contributed by atoms with Crippen LogP contribution < -0.4 is 38.5 Å². The molecule has 0 aliphatic heterocycles. The van der Waals surface area contributed by atoms with Crippen LogP contribution in [0.2, 0.25) is 5.15 Å². The van der Waals surface area contributed by atoms with Crippen LogP contribution in [0.3, 0.4) is 0 Å². The van der Waals surface area contributed by atoms with Crippen molar-refractivity contribution in [2.75, 3.05) is 16.6 Å². The normalized spacial score (nSPS) is 11.5. The van der Waals surface area contributed by atoms with Gasteiger partial charge in [-0.3, -0.25) is 4.79 Å². The lowest BCUT2D eigenvalue weighted by Crippen LogP contribution is -2.46. The largest absolute Gasteiger partial charge is 0.350 e. The summed E-state index contributed by atoms with van der Waals surface area (Å²) in [6, 6.07) is 5.70. The first-order valence-electron chi connectivity index (χ1n) is 9.11. The smallest absolute Gasteiger partial charge is 0.335 e. The predicted octanol–water partition coefficient (Wildman–Crippen LogP) is 0.565. The summed E-state index contributed by atoms with van der Waals surface area (Å²) in [6.45, 7) is 4.27. The quantitative estimate of drug-likeness (QED) is 0.231. The molecule has 0 spiro atoms. The van der Waals surface area contributed by atoms with Gasteiger partial charge in [0, 0.05) is 6.54 Å². The standard InChI is InChI=1S/C18H24ClN9O3/c1-9(7-11-6-4-3-5-10(11)2)8-24-16(29)12-14(27(22)17(20)30)26-15(13(19)25-12)28(23)18(21)31/h3-6,9H,7-8,22-23H2,1-2H3,(H2,20,30)(H2,21,31)(H,24,29). The van der Waals surface area contributed by atoms with Gasteiger partial charge in [0.1, 0.15) is 0 Å². The van der Waals surface area contributed by atoms with Crippen LogP contribution in [0.5, 0.6) is 0 Å². The zero-order chi connectivity index (χ0) is 23.3. The molecule has 0 radical (unpaired) electrons. The Hall–Kier alpha value is -3.48. The topological polar surface area (TPSA) is 200 Å². The molecule has 2 aromatic rings. The van der Waals surface area contributed by atoms with E-state index in [1.165, 1.54) is 0 Å². The Bertz CT molecular complexity index is 1000. The summed E-state index contributed by atoms with van der Waals surface area (Å²) in [5, 5.41) is 3.07. The Labute approximate surface area is 183 Å². The summed E-state index contributed by atoms with van der Waals surface area (Å²) >= 11 is 6.00. The summed E-state index contributed by atoms with van der Waals surface area (Å²) in [7, 11) is 0. The Kier molecular flexibility index (Phi) is 7.69. The molecule has 1 aromatic carbocycles. The fraction of sp³-hybridized carbons (Fsp3) is 0.278. The molecular weight excluding hydrogens is 426 g/mol. The number of amides is 5. The molecule has 0 aliphatic rings. The molecule has 13 heteroatoms. The molecule has 166 valence electrons. The highest BCUT2D eigenvalue weighted by atomic mass is 35.5. The van der Waals surface area contributed by atoms with Gasteiger partial charge in [-0.25, -0.2) is 41.3 Å². The lowest BCUT2D eigenvalue weighted by atomic mass is 9.97. The van der Waals surface area contributed by atoms with Crippen LogP contribution in [0.1, 0.15) is 28.5 Å². The van der Waals surface area contributed by atoms with Crippen LogP contribution in [0.25, 0.3) is 0 Å². The van der Waals surface area contributed by atoms with Gasteiger partial charge in [-0.1, -0.05) is 42.8 Å². The average Bonchev–Trinajstić information content (AvgIpc) is 2.72. The number of primary amides is 2. The van der Waals surface area contributed by atoms with Crippen molar-refractivity contribution in [2.45, 2.75) is 20.3 Å². The fourth-order valence-electron chi connectivity index (χ4n) is 2.72. The first-order chi connectivity index (χ1) is 14.5. The van der Waals surface area contributed by atoms with Crippen LogP contribution in [-0.4, -0.2) is 34.5 Å². The molecule has 31 heavy (non-hydrogen) atoms. The molecule has 2 rings (SSSR count). The van der Waals surface area contributed by atoms with E-state index in [0.29, 0.717) is 16.6 Å². The molecule has 0 bridgehead atoms. The molecule has 1 atom stereocenters. The highest BCUT2D eigenvalue weighted by Gasteiger charge is 2.27. The molecule has 0 saturated carbocycles. The molecule has 1 aromatic heterocycles. The van der Waals surface area contributed by atoms with Gasteiger partial charge in [0.25, 0.3) is 5.91 Å². The number of carbonyl (C=O) groups excluding carboxylic acids is 3. The summed E-state index contributed by atoms with van der Waals surface area (Å²) < 4.78 is 0. The lowest BCUT2D eigenvalue weighted by Gasteiger charge is -2.20. The SMILES string of the molecule is Cc1ccccc1CC(C)CNC(=O)c1nc(Cl)c(N(N)C(N)=O)nc1N(N)C(N)=O. The molecule has 12 nitrogen and oxygen atoms in total. The van der Waals surface area contributed by atoms with E-state index in [1.54, 1.807) is 0 Å². The summed E-state index contributed by atoms with van der Waals surface area (Å²) in [5.41, 5.74) is 12.2. The van der Waals surface area contributed by atoms with Crippen molar-refractivity contribution in [3.63, 3.8) is 0 Å². The minimum atomic E-state index is -1.13. The Morgan fingerprint density at radius 2 is 1.65 bits per heavy atom. The number of hydrogen-bond acceptors (Lipinski definition) is 7. The number of halogens is 1. The maximum absolute atomic E-state index is 12.7. The first kappa shape index (κ1) is 23.8. The van der Waals surface area contributed by atoms with Crippen molar-refractivity contribution in [3.05, 3.63) is 46.2 Å². The third kappa shape index (κ3) is 5.78. The number of nitrogens with one attached hydrogen (secondary N) is 1. The molecule has 5 amide bonds. The third-order valence-electron chi connectivity index (χ3n) is 4.41. The highest BCUT2D eigenvalue weighted by Crippen LogP contribution is 2.25. The van der Waals surface area contributed by atoms with Gasteiger partial charge in [-0.2, -0.15) is 0 Å². The van der Waals surface area contributed by atoms with Gasteiger partial charge in [-0.05, 0) is 30.4 Å². The van der Waals surface area contributed by atoms with E-state index in [-0.39, 0.29) is 11.6 Å². The maximum atomic E-state index is 12.7. The van der Waals surface area contributed by atoms with Crippen LogP contribution in [0.4, 0.5) is 21.2 Å². The van der Waals surface area contributed by atoms with Crippen LogP contribution >= 0.6 is 11.6 Å². The summed E-state index contributed by atoms with van der Waals surface area (Å²) in [4.78, 5) is 43.4. The van der Waals surface area contributed by atoms with Crippen molar-refractivity contribution in [1.82, 2.24) is 15.3 Å². The van der Waals surface area contributed by atoms with Crippen molar-refractivity contribution in [2.24, 2.45) is 29.1 Å². The summed E-state index contributed by atoms with van der Waals surface area (Å²) in [6.07, 6.45) is 0.732. The number of aromatic nitrogens is 2. The van der Waals surface area contributed by atoms with Crippen molar-refractivity contribution in [1.29, 1.82) is 0 Å². The molecule has 1 heterocycles. The van der Waals surface area contributed by atoms with E-state index in [1.807, 2.05) is 38.1 Å². The van der Waals surface area contributed by atoms with E-state index >= 15 is 0 Å². The zero-order valence-corrected chi connectivity index (χ0v) is 17.8. The number of benzene rings is 1. The number of urea groups is 2. The Morgan fingerprint density at radius 1 is 1.06 bits per heavy atom. The maximum Gasteiger partial charge on any atom is 0.335 e. The number of anilines is 2. The molecule has 9 N–H and O–H groups in total.